The van der Waals surface area contributed by atoms with E-state index in [1.165, 1.54) is 12.1 Å². The van der Waals surface area contributed by atoms with E-state index in [4.69, 9.17) is 0 Å². The zero-order valence-corrected chi connectivity index (χ0v) is 16.2. The zero-order valence-electron chi connectivity index (χ0n) is 16.2. The molecule has 0 aliphatic rings. The number of carbonyl (C=O) groups excluding carboxylic acids is 1. The first-order chi connectivity index (χ1) is 12.4. The van der Waals surface area contributed by atoms with E-state index in [-0.39, 0.29) is 30.1 Å². The first-order valence-corrected chi connectivity index (χ1v) is 8.31. The number of likely N-dealkylation sites (N-methyl/N-ethyl adjacent to an activating group) is 1. The van der Waals surface area contributed by atoms with Crippen molar-refractivity contribution in [3.63, 3.8) is 0 Å². The van der Waals surface area contributed by atoms with Crippen molar-refractivity contribution in [3.8, 4) is 11.8 Å². The second-order valence-corrected chi connectivity index (χ2v) is 6.94. The molecular formula is C19H25F3N4O. The Morgan fingerprint density at radius 1 is 1.26 bits per heavy atom. The fourth-order valence-corrected chi connectivity index (χ4v) is 2.18. The summed E-state index contributed by atoms with van der Waals surface area (Å²) in [5, 5.41) is 5.80. The predicted octanol–water partition coefficient (Wildman–Crippen LogP) is 2.48. The van der Waals surface area contributed by atoms with E-state index in [1.807, 2.05) is 20.8 Å². The van der Waals surface area contributed by atoms with Crippen LogP contribution in [0.3, 0.4) is 0 Å². The van der Waals surface area contributed by atoms with Crippen LogP contribution >= 0.6 is 0 Å². The normalized spacial score (nSPS) is 12.1. The maximum absolute atomic E-state index is 12.7. The highest BCUT2D eigenvalue weighted by molar-refractivity contribution is 5.86. The van der Waals surface area contributed by atoms with Gasteiger partial charge in [0.15, 0.2) is 5.96 Å². The van der Waals surface area contributed by atoms with Crippen LogP contribution in [0.4, 0.5) is 13.2 Å². The van der Waals surface area contributed by atoms with Gasteiger partial charge in [-0.05, 0) is 39.0 Å². The number of halogens is 3. The second kappa shape index (κ2) is 9.31. The maximum atomic E-state index is 12.7. The summed E-state index contributed by atoms with van der Waals surface area (Å²) in [5.41, 5.74) is -0.784. The Balaban J connectivity index is 2.62. The molecule has 1 amide bonds. The molecule has 1 aromatic carbocycles. The van der Waals surface area contributed by atoms with Gasteiger partial charge >= 0.3 is 6.18 Å². The summed E-state index contributed by atoms with van der Waals surface area (Å²) in [6.45, 7) is 5.95. The van der Waals surface area contributed by atoms with Gasteiger partial charge in [0.1, 0.15) is 0 Å². The van der Waals surface area contributed by atoms with Gasteiger partial charge < -0.3 is 15.5 Å². The van der Waals surface area contributed by atoms with Crippen molar-refractivity contribution in [2.45, 2.75) is 32.5 Å². The molecule has 0 unspecified atom stereocenters. The quantitative estimate of drug-likeness (QED) is 0.480. The average molecular weight is 382 g/mol. The number of nitrogens with one attached hydrogen (secondary N) is 2. The van der Waals surface area contributed by atoms with Gasteiger partial charge in [-0.25, -0.2) is 0 Å². The third-order valence-electron chi connectivity index (χ3n) is 3.23. The van der Waals surface area contributed by atoms with Gasteiger partial charge in [0.2, 0.25) is 5.91 Å². The minimum absolute atomic E-state index is 0.109. The summed E-state index contributed by atoms with van der Waals surface area (Å²) in [4.78, 5) is 17.7. The lowest BCUT2D eigenvalue weighted by molar-refractivity contribution is -0.137. The van der Waals surface area contributed by atoms with Crippen molar-refractivity contribution < 1.29 is 18.0 Å². The summed E-state index contributed by atoms with van der Waals surface area (Å²) in [5.74, 6) is 5.74. The van der Waals surface area contributed by atoms with Crippen molar-refractivity contribution in [2.24, 2.45) is 4.99 Å². The van der Waals surface area contributed by atoms with E-state index >= 15 is 0 Å². The largest absolute Gasteiger partial charge is 0.416 e. The van der Waals surface area contributed by atoms with Crippen LogP contribution in [0, 0.1) is 11.8 Å². The van der Waals surface area contributed by atoms with Gasteiger partial charge in [-0.15, -0.1) is 0 Å². The molecule has 27 heavy (non-hydrogen) atoms. The molecule has 5 nitrogen and oxygen atoms in total. The summed E-state index contributed by atoms with van der Waals surface area (Å²) in [6.07, 6.45) is -4.39. The SMILES string of the molecule is CN=C(NCC#Cc1cccc(C(F)(F)F)c1)N(C)CC(=O)NC(C)(C)C. The average Bonchev–Trinajstić information content (AvgIpc) is 2.52. The summed E-state index contributed by atoms with van der Waals surface area (Å²) in [6, 6.07) is 4.84. The Morgan fingerprint density at radius 2 is 1.93 bits per heavy atom. The van der Waals surface area contributed by atoms with Crippen LogP contribution in [0.25, 0.3) is 0 Å². The van der Waals surface area contributed by atoms with Crippen LogP contribution in [0.5, 0.6) is 0 Å². The molecule has 0 fully saturated rings. The molecule has 1 aromatic rings. The minimum atomic E-state index is -4.39. The summed E-state index contributed by atoms with van der Waals surface area (Å²) < 4.78 is 38.1. The second-order valence-electron chi connectivity index (χ2n) is 6.94. The smallest absolute Gasteiger partial charge is 0.350 e. The highest BCUT2D eigenvalue weighted by Gasteiger charge is 2.30. The van der Waals surface area contributed by atoms with Crippen molar-refractivity contribution >= 4 is 11.9 Å². The molecule has 0 radical (unpaired) electrons. The van der Waals surface area contributed by atoms with Crippen LogP contribution in [-0.2, 0) is 11.0 Å². The molecule has 1 rings (SSSR count). The number of rotatable bonds is 3. The Kier molecular flexibility index (Phi) is 7.70. The van der Waals surface area contributed by atoms with E-state index in [0.717, 1.165) is 12.1 Å². The third-order valence-corrected chi connectivity index (χ3v) is 3.23. The number of benzene rings is 1. The number of alkyl halides is 3. The van der Waals surface area contributed by atoms with Gasteiger partial charge in [0.05, 0.1) is 18.7 Å². The van der Waals surface area contributed by atoms with Crippen molar-refractivity contribution in [1.82, 2.24) is 15.5 Å². The number of nitrogens with zero attached hydrogens (tertiary/aromatic N) is 2. The molecule has 0 saturated heterocycles. The lowest BCUT2D eigenvalue weighted by atomic mass is 10.1. The number of guanidine groups is 1. The fourth-order valence-electron chi connectivity index (χ4n) is 2.18. The van der Waals surface area contributed by atoms with Crippen molar-refractivity contribution in [3.05, 3.63) is 35.4 Å². The summed E-state index contributed by atoms with van der Waals surface area (Å²) >= 11 is 0. The maximum Gasteiger partial charge on any atom is 0.416 e. The molecule has 8 heteroatoms. The van der Waals surface area contributed by atoms with E-state index in [9.17, 15) is 18.0 Å². The topological polar surface area (TPSA) is 56.7 Å². The van der Waals surface area contributed by atoms with Crippen LogP contribution in [0.2, 0.25) is 0 Å². The number of amides is 1. The number of hydrogen-bond acceptors (Lipinski definition) is 2. The highest BCUT2D eigenvalue weighted by Crippen LogP contribution is 2.29. The van der Waals surface area contributed by atoms with Crippen LogP contribution in [0.15, 0.2) is 29.3 Å². The highest BCUT2D eigenvalue weighted by atomic mass is 19.4. The van der Waals surface area contributed by atoms with E-state index in [0.29, 0.717) is 5.96 Å². The number of hydrogen-bond donors (Lipinski definition) is 2. The first-order valence-electron chi connectivity index (χ1n) is 8.31. The number of aliphatic imine (C=N–C) groups is 1. The van der Waals surface area contributed by atoms with Gasteiger partial charge in [-0.2, -0.15) is 13.2 Å². The molecule has 2 N–H and O–H groups in total. The molecule has 0 spiro atoms. The number of carbonyl (C=O) groups is 1. The molecule has 0 aromatic heterocycles. The lowest BCUT2D eigenvalue weighted by Crippen LogP contribution is -2.48. The van der Waals surface area contributed by atoms with Crippen LogP contribution in [-0.4, -0.2) is 49.5 Å². The van der Waals surface area contributed by atoms with Gasteiger partial charge in [0, 0.05) is 25.2 Å². The van der Waals surface area contributed by atoms with Crippen LogP contribution in [0.1, 0.15) is 31.9 Å². The Morgan fingerprint density at radius 3 is 2.48 bits per heavy atom. The summed E-state index contributed by atoms with van der Waals surface area (Å²) in [7, 11) is 3.28. The first kappa shape index (κ1) is 22.4. The van der Waals surface area contributed by atoms with Gasteiger partial charge in [0.25, 0.3) is 0 Å². The Hall–Kier alpha value is -2.69. The molecule has 0 saturated carbocycles. The van der Waals surface area contributed by atoms with Crippen molar-refractivity contribution in [2.75, 3.05) is 27.2 Å². The Bertz CT molecular complexity index is 740. The predicted molar refractivity (Wildman–Crippen MR) is 100 cm³/mol. The molecule has 0 aliphatic carbocycles. The van der Waals surface area contributed by atoms with E-state index < -0.39 is 11.7 Å². The molecule has 0 heterocycles. The van der Waals surface area contributed by atoms with Gasteiger partial charge in [-0.3, -0.25) is 9.79 Å². The zero-order chi connectivity index (χ0) is 20.7. The lowest BCUT2D eigenvalue weighted by Gasteiger charge is -2.25. The molecule has 0 aliphatic heterocycles. The van der Waals surface area contributed by atoms with E-state index in [2.05, 4.69) is 27.5 Å². The Labute approximate surface area is 158 Å². The fraction of sp³-hybridized carbons (Fsp3) is 0.474. The van der Waals surface area contributed by atoms with Gasteiger partial charge in [-0.1, -0.05) is 17.9 Å². The minimum Gasteiger partial charge on any atom is -0.350 e. The molecule has 148 valence electrons. The molecule has 0 atom stereocenters. The van der Waals surface area contributed by atoms with Crippen LogP contribution < -0.4 is 10.6 Å². The standard InChI is InChI=1S/C19H25F3N4O/c1-18(2,3)25-16(27)13-26(5)17(23-4)24-11-7-9-14-8-6-10-15(12-14)19(20,21)22/h6,8,10,12H,11,13H2,1-5H3,(H,23,24)(H,25,27). The van der Waals surface area contributed by atoms with E-state index in [1.54, 1.807) is 19.0 Å². The third kappa shape index (κ3) is 8.49. The molecule has 0 bridgehead atoms. The van der Waals surface area contributed by atoms with Crippen molar-refractivity contribution in [1.29, 1.82) is 0 Å². The monoisotopic (exact) mass is 382 g/mol. The molecular weight excluding hydrogens is 357 g/mol.